The van der Waals surface area contributed by atoms with Gasteiger partial charge in [-0.15, -0.1) is 0 Å². The quantitative estimate of drug-likeness (QED) is 0.709. The standard InChI is InChI=1S/C18H28O/c1-17(2,3)14-11-8-12-15(18(4,5)6)16(14)19-13-9-7-10-13/h8,11-13H,7,9-10H2,1-6H3. The summed E-state index contributed by atoms with van der Waals surface area (Å²) in [5.41, 5.74) is 2.93. The van der Waals surface area contributed by atoms with E-state index in [-0.39, 0.29) is 10.8 Å². The average molecular weight is 260 g/mol. The molecule has 1 aromatic rings. The third kappa shape index (κ3) is 3.13. The molecule has 0 bridgehead atoms. The number of benzene rings is 1. The zero-order chi connectivity index (χ0) is 14.3. The van der Waals surface area contributed by atoms with E-state index in [1.807, 2.05) is 0 Å². The van der Waals surface area contributed by atoms with Crippen molar-refractivity contribution in [3.8, 4) is 5.75 Å². The molecule has 0 atom stereocenters. The first-order chi connectivity index (χ1) is 8.69. The molecule has 0 spiro atoms. The van der Waals surface area contributed by atoms with Gasteiger partial charge in [0, 0.05) is 0 Å². The van der Waals surface area contributed by atoms with E-state index in [0.29, 0.717) is 6.10 Å². The predicted octanol–water partition coefficient (Wildman–Crippen LogP) is 5.21. The summed E-state index contributed by atoms with van der Waals surface area (Å²) < 4.78 is 6.37. The van der Waals surface area contributed by atoms with E-state index in [1.165, 1.54) is 30.4 Å². The van der Waals surface area contributed by atoms with Gasteiger partial charge in [0.1, 0.15) is 5.75 Å². The summed E-state index contributed by atoms with van der Waals surface area (Å²) in [6, 6.07) is 6.63. The summed E-state index contributed by atoms with van der Waals surface area (Å²) >= 11 is 0. The summed E-state index contributed by atoms with van der Waals surface area (Å²) in [5.74, 6) is 1.15. The Morgan fingerprint density at radius 3 is 1.68 bits per heavy atom. The zero-order valence-corrected chi connectivity index (χ0v) is 13.3. The lowest BCUT2D eigenvalue weighted by Gasteiger charge is -2.34. The van der Waals surface area contributed by atoms with Crippen LogP contribution < -0.4 is 4.74 Å². The smallest absolute Gasteiger partial charge is 0.127 e. The predicted molar refractivity (Wildman–Crippen MR) is 82.1 cm³/mol. The van der Waals surface area contributed by atoms with Crippen molar-refractivity contribution in [3.05, 3.63) is 29.3 Å². The van der Waals surface area contributed by atoms with Gasteiger partial charge in [-0.3, -0.25) is 0 Å². The van der Waals surface area contributed by atoms with E-state index in [2.05, 4.69) is 59.7 Å². The molecule has 1 aliphatic carbocycles. The van der Waals surface area contributed by atoms with E-state index in [9.17, 15) is 0 Å². The summed E-state index contributed by atoms with van der Waals surface area (Å²) in [6.07, 6.45) is 4.17. The van der Waals surface area contributed by atoms with Gasteiger partial charge < -0.3 is 4.74 Å². The lowest BCUT2D eigenvalue weighted by Crippen LogP contribution is -2.28. The maximum atomic E-state index is 6.37. The molecule has 2 rings (SSSR count). The second-order valence-electron chi connectivity index (χ2n) is 7.85. The minimum atomic E-state index is 0.125. The Hall–Kier alpha value is -0.980. The summed E-state index contributed by atoms with van der Waals surface area (Å²) in [6.45, 7) is 13.6. The van der Waals surface area contributed by atoms with Crippen molar-refractivity contribution in [2.75, 3.05) is 0 Å². The van der Waals surface area contributed by atoms with Gasteiger partial charge in [-0.05, 0) is 41.2 Å². The van der Waals surface area contributed by atoms with Crippen molar-refractivity contribution in [1.29, 1.82) is 0 Å². The van der Waals surface area contributed by atoms with Gasteiger partial charge in [-0.2, -0.15) is 0 Å². The van der Waals surface area contributed by atoms with Crippen LogP contribution in [0.4, 0.5) is 0 Å². The van der Waals surface area contributed by atoms with Crippen LogP contribution in [-0.2, 0) is 10.8 Å². The molecule has 0 amide bonds. The van der Waals surface area contributed by atoms with Gasteiger partial charge in [-0.1, -0.05) is 59.7 Å². The molecule has 0 N–H and O–H groups in total. The Kier molecular flexibility index (Phi) is 3.68. The lowest BCUT2D eigenvalue weighted by atomic mass is 9.79. The van der Waals surface area contributed by atoms with E-state index in [0.717, 1.165) is 5.75 Å². The van der Waals surface area contributed by atoms with Gasteiger partial charge in [0.15, 0.2) is 0 Å². The van der Waals surface area contributed by atoms with Gasteiger partial charge in [-0.25, -0.2) is 0 Å². The third-order valence-corrected chi connectivity index (χ3v) is 3.97. The first-order valence-electron chi connectivity index (χ1n) is 7.50. The first-order valence-corrected chi connectivity index (χ1v) is 7.50. The molecule has 1 heteroatoms. The molecule has 0 aliphatic heterocycles. The van der Waals surface area contributed by atoms with Crippen molar-refractivity contribution < 1.29 is 4.74 Å². The highest BCUT2D eigenvalue weighted by Crippen LogP contribution is 2.41. The van der Waals surface area contributed by atoms with Gasteiger partial charge >= 0.3 is 0 Å². The van der Waals surface area contributed by atoms with Crippen LogP contribution in [0.5, 0.6) is 5.75 Å². The molecule has 19 heavy (non-hydrogen) atoms. The van der Waals surface area contributed by atoms with Crippen LogP contribution in [0.15, 0.2) is 18.2 Å². The number of hydrogen-bond acceptors (Lipinski definition) is 1. The largest absolute Gasteiger partial charge is 0.490 e. The molecule has 1 fully saturated rings. The Bertz CT molecular complexity index is 409. The highest BCUT2D eigenvalue weighted by molar-refractivity contribution is 5.48. The minimum absolute atomic E-state index is 0.125. The summed E-state index contributed by atoms with van der Waals surface area (Å²) in [7, 11) is 0. The van der Waals surface area contributed by atoms with Crippen LogP contribution in [0.2, 0.25) is 0 Å². The topological polar surface area (TPSA) is 9.23 Å². The molecule has 0 heterocycles. The molecule has 0 saturated heterocycles. The van der Waals surface area contributed by atoms with Crippen LogP contribution >= 0.6 is 0 Å². The van der Waals surface area contributed by atoms with Gasteiger partial charge in [0.25, 0.3) is 0 Å². The first kappa shape index (κ1) is 14.4. The molecule has 0 unspecified atom stereocenters. The van der Waals surface area contributed by atoms with Crippen molar-refractivity contribution >= 4 is 0 Å². The van der Waals surface area contributed by atoms with E-state index in [1.54, 1.807) is 0 Å². The van der Waals surface area contributed by atoms with Crippen LogP contribution in [-0.4, -0.2) is 6.10 Å². The summed E-state index contributed by atoms with van der Waals surface area (Å²) in [4.78, 5) is 0. The fourth-order valence-electron chi connectivity index (χ4n) is 2.50. The number of rotatable bonds is 2. The Labute approximate surface area is 118 Å². The Morgan fingerprint density at radius 1 is 0.895 bits per heavy atom. The highest BCUT2D eigenvalue weighted by atomic mass is 16.5. The van der Waals surface area contributed by atoms with Crippen LogP contribution in [0, 0.1) is 0 Å². The van der Waals surface area contributed by atoms with E-state index < -0.39 is 0 Å². The van der Waals surface area contributed by atoms with Crippen LogP contribution in [0.1, 0.15) is 71.9 Å². The molecule has 0 aromatic heterocycles. The molecule has 1 aromatic carbocycles. The zero-order valence-electron chi connectivity index (χ0n) is 13.3. The normalized spacial score (nSPS) is 17.2. The fraction of sp³-hybridized carbons (Fsp3) is 0.667. The van der Waals surface area contributed by atoms with Gasteiger partial charge in [0.05, 0.1) is 6.10 Å². The molecule has 0 radical (unpaired) electrons. The van der Waals surface area contributed by atoms with E-state index >= 15 is 0 Å². The average Bonchev–Trinajstić information content (AvgIpc) is 2.20. The highest BCUT2D eigenvalue weighted by Gasteiger charge is 2.29. The Balaban J connectivity index is 2.48. The third-order valence-electron chi connectivity index (χ3n) is 3.97. The van der Waals surface area contributed by atoms with Crippen molar-refractivity contribution in [1.82, 2.24) is 0 Å². The molecule has 1 aliphatic rings. The van der Waals surface area contributed by atoms with Crippen molar-refractivity contribution in [2.45, 2.75) is 77.7 Å². The molecule has 1 saturated carbocycles. The molecular weight excluding hydrogens is 232 g/mol. The molecule has 106 valence electrons. The van der Waals surface area contributed by atoms with Crippen molar-refractivity contribution in [3.63, 3.8) is 0 Å². The van der Waals surface area contributed by atoms with Crippen molar-refractivity contribution in [2.24, 2.45) is 0 Å². The maximum absolute atomic E-state index is 6.37. The minimum Gasteiger partial charge on any atom is -0.490 e. The fourth-order valence-corrected chi connectivity index (χ4v) is 2.50. The van der Waals surface area contributed by atoms with Gasteiger partial charge in [0.2, 0.25) is 0 Å². The van der Waals surface area contributed by atoms with E-state index in [4.69, 9.17) is 4.74 Å². The maximum Gasteiger partial charge on any atom is 0.127 e. The monoisotopic (exact) mass is 260 g/mol. The Morgan fingerprint density at radius 2 is 1.37 bits per heavy atom. The van der Waals surface area contributed by atoms with Crippen LogP contribution in [0.3, 0.4) is 0 Å². The number of hydrogen-bond donors (Lipinski definition) is 0. The number of para-hydroxylation sites is 1. The van der Waals surface area contributed by atoms with Crippen LogP contribution in [0.25, 0.3) is 0 Å². The second kappa shape index (κ2) is 4.85. The summed E-state index contributed by atoms with van der Waals surface area (Å²) in [5, 5.41) is 0. The number of ether oxygens (including phenoxy) is 1. The molecular formula is C18H28O. The SMILES string of the molecule is CC(C)(C)c1cccc(C(C)(C)C)c1OC1CCC1. The second-order valence-corrected chi connectivity index (χ2v) is 7.85. The lowest BCUT2D eigenvalue weighted by molar-refractivity contribution is 0.115. The molecule has 1 nitrogen and oxygen atoms in total.